The number of hydrogen-bond acceptors (Lipinski definition) is 5. The summed E-state index contributed by atoms with van der Waals surface area (Å²) in [4.78, 5) is 0. The summed E-state index contributed by atoms with van der Waals surface area (Å²) >= 11 is 0. The maximum atomic E-state index is 12.0. The highest BCUT2D eigenvalue weighted by Gasteiger charge is 2.02. The van der Waals surface area contributed by atoms with Gasteiger partial charge >= 0.3 is 0 Å². The van der Waals surface area contributed by atoms with E-state index in [9.17, 15) is 26.0 Å². The van der Waals surface area contributed by atoms with E-state index < -0.39 is 0 Å². The topological polar surface area (TPSA) is 130 Å². The second-order valence-corrected chi connectivity index (χ2v) is 12.6. The Balaban J connectivity index is 2.36. The zero-order chi connectivity index (χ0) is 32.6. The Bertz CT molecular complexity index is 710. The molecule has 0 aromatic heterocycles. The van der Waals surface area contributed by atoms with Crippen LogP contribution in [0.3, 0.4) is 0 Å². The van der Waals surface area contributed by atoms with Gasteiger partial charge in [-0.15, -0.1) is 0 Å². The van der Waals surface area contributed by atoms with Gasteiger partial charge in [0.15, 0.2) is 63.8 Å². The lowest BCUT2D eigenvalue weighted by molar-refractivity contribution is -0.455. The molecule has 0 fully saturated rings. The summed E-state index contributed by atoms with van der Waals surface area (Å²) in [6.07, 6.45) is 32.0. The monoisotopic (exact) mass is 635 g/mol. The molecule has 0 aromatic carbocycles. The van der Waals surface area contributed by atoms with Crippen molar-refractivity contribution in [2.75, 3.05) is 32.7 Å². The Morgan fingerprint density at radius 3 is 0.556 bits per heavy atom. The van der Waals surface area contributed by atoms with Crippen molar-refractivity contribution in [2.45, 2.75) is 161 Å². The van der Waals surface area contributed by atoms with Crippen LogP contribution in [0.5, 0.6) is 0 Å². The molecule has 45 heavy (non-hydrogen) atoms. The third kappa shape index (κ3) is 28.6. The standard InChI is InChI=1S/C35H65N5O5/c41-36-26-16-6-1-7-17-27-37(42)29-19-9-3-11-21-31-39(44)33-23-13-5-15-25-35-40(45)34-24-14-4-12-22-32-38(43)30-20-10-2-8-18-28-36/h26,29-30,33-34H,1-25,27-28,31-32,35H2/b36-26-,37-29-,38-30-,39-33-,40-34-. The van der Waals surface area contributed by atoms with Crippen LogP contribution in [-0.4, -0.2) is 87.5 Å². The predicted octanol–water partition coefficient (Wildman–Crippen LogP) is 7.66. The first-order chi connectivity index (χ1) is 22.0. The van der Waals surface area contributed by atoms with Gasteiger partial charge in [-0.05, 0) is 64.2 Å². The minimum atomic E-state index is 0.526. The average molecular weight is 636 g/mol. The van der Waals surface area contributed by atoms with Crippen LogP contribution in [0, 0.1) is 26.0 Å². The first kappa shape index (κ1) is 40.4. The van der Waals surface area contributed by atoms with Crippen molar-refractivity contribution in [3.8, 4) is 0 Å². The van der Waals surface area contributed by atoms with Crippen molar-refractivity contribution in [2.24, 2.45) is 0 Å². The van der Waals surface area contributed by atoms with Gasteiger partial charge < -0.3 is 26.0 Å². The fourth-order valence-corrected chi connectivity index (χ4v) is 5.46. The molecule has 0 bridgehead atoms. The van der Waals surface area contributed by atoms with E-state index in [1.807, 2.05) is 0 Å². The van der Waals surface area contributed by atoms with Gasteiger partial charge in [0.1, 0.15) is 0 Å². The Morgan fingerprint density at radius 1 is 0.222 bits per heavy atom. The molecule has 0 spiro atoms. The lowest BCUT2D eigenvalue weighted by atomic mass is 10.1. The van der Waals surface area contributed by atoms with Gasteiger partial charge in [0.25, 0.3) is 0 Å². The first-order valence-corrected chi connectivity index (χ1v) is 18.3. The SMILES string of the molecule is [O-]/[N+]1=C\CCCCCC/[N+]([O-])=C/CCCCCC/[N+]([O-])=C/CCCCCC/[N+]([O-])=C/CCCCCC/[N+]([O-])=C/CCCCCC1. The number of hydroxylamine groups is 5. The Kier molecular flexibility index (Phi) is 26.9. The number of hydrogen-bond donors (Lipinski definition) is 0. The zero-order valence-electron chi connectivity index (χ0n) is 28.4. The van der Waals surface area contributed by atoms with Crippen LogP contribution in [0.4, 0.5) is 0 Å². The van der Waals surface area contributed by atoms with E-state index in [0.717, 1.165) is 184 Å². The maximum Gasteiger partial charge on any atom is 0.153 e. The normalized spacial score (nSPS) is 27.8. The maximum absolute atomic E-state index is 12.0. The van der Waals surface area contributed by atoms with Gasteiger partial charge in [-0.3, -0.25) is 0 Å². The third-order valence-electron chi connectivity index (χ3n) is 8.33. The average Bonchev–Trinajstić information content (AvgIpc) is 3.02. The quantitative estimate of drug-likeness (QED) is 0.199. The van der Waals surface area contributed by atoms with E-state index in [-0.39, 0.29) is 0 Å². The zero-order valence-corrected chi connectivity index (χ0v) is 28.4. The summed E-state index contributed by atoms with van der Waals surface area (Å²) in [7, 11) is 0. The van der Waals surface area contributed by atoms with Gasteiger partial charge in [-0.2, -0.15) is 0 Å². The second-order valence-electron chi connectivity index (χ2n) is 12.6. The van der Waals surface area contributed by atoms with Gasteiger partial charge in [0, 0.05) is 64.2 Å². The van der Waals surface area contributed by atoms with Crippen LogP contribution in [0.2, 0.25) is 0 Å². The first-order valence-electron chi connectivity index (χ1n) is 18.3. The summed E-state index contributed by atoms with van der Waals surface area (Å²) < 4.78 is 5.30. The molecule has 1 aliphatic heterocycles. The molecule has 1 heterocycles. The molecule has 1 aliphatic rings. The van der Waals surface area contributed by atoms with E-state index in [1.54, 1.807) is 31.1 Å². The smallest absolute Gasteiger partial charge is 0.153 e. The van der Waals surface area contributed by atoms with Crippen LogP contribution in [-0.2, 0) is 0 Å². The molecular weight excluding hydrogens is 570 g/mol. The third-order valence-corrected chi connectivity index (χ3v) is 8.33. The molecule has 0 aliphatic carbocycles. The Hall–Kier alpha value is -2.65. The van der Waals surface area contributed by atoms with E-state index >= 15 is 0 Å². The minimum Gasteiger partial charge on any atom is -0.624 e. The molecule has 1 rings (SSSR count). The Morgan fingerprint density at radius 2 is 0.378 bits per heavy atom. The molecule has 10 nitrogen and oxygen atoms in total. The molecule has 260 valence electrons. The van der Waals surface area contributed by atoms with Crippen molar-refractivity contribution in [3.05, 3.63) is 26.0 Å². The van der Waals surface area contributed by atoms with Crippen molar-refractivity contribution < 1.29 is 23.7 Å². The number of rotatable bonds is 0. The molecule has 0 amide bonds. The van der Waals surface area contributed by atoms with Gasteiger partial charge in [-0.1, -0.05) is 32.1 Å². The molecule has 10 heteroatoms. The molecule has 0 N–H and O–H groups in total. The van der Waals surface area contributed by atoms with Crippen LogP contribution in [0.25, 0.3) is 0 Å². The van der Waals surface area contributed by atoms with Gasteiger partial charge in [-0.25, -0.2) is 23.7 Å². The highest BCUT2D eigenvalue weighted by Crippen LogP contribution is 2.07. The summed E-state index contributed by atoms with van der Waals surface area (Å²) in [5, 5.41) is 60.1. The van der Waals surface area contributed by atoms with E-state index in [0.29, 0.717) is 32.7 Å². The van der Waals surface area contributed by atoms with Gasteiger partial charge in [0.2, 0.25) is 0 Å². The minimum absolute atomic E-state index is 0.526. The van der Waals surface area contributed by atoms with E-state index in [2.05, 4.69) is 0 Å². The van der Waals surface area contributed by atoms with Crippen molar-refractivity contribution in [3.63, 3.8) is 0 Å². The molecule has 0 unspecified atom stereocenters. The summed E-state index contributed by atoms with van der Waals surface area (Å²) in [5.74, 6) is 0. The largest absolute Gasteiger partial charge is 0.624 e. The lowest BCUT2D eigenvalue weighted by Gasteiger charge is -2.06. The second kappa shape index (κ2) is 30.0. The summed E-state index contributed by atoms with van der Waals surface area (Å²) in [5.41, 5.74) is 0. The number of nitrogens with zero attached hydrogens (tertiary/aromatic N) is 5. The van der Waals surface area contributed by atoms with Crippen molar-refractivity contribution >= 4 is 31.1 Å². The van der Waals surface area contributed by atoms with Crippen molar-refractivity contribution in [1.29, 1.82) is 0 Å². The fraction of sp³-hybridized carbons (Fsp3) is 0.857. The molecular formula is C35H65N5O5. The molecule has 0 aromatic rings. The predicted molar refractivity (Wildman–Crippen MR) is 188 cm³/mol. The lowest BCUT2D eigenvalue weighted by Crippen LogP contribution is -2.08. The van der Waals surface area contributed by atoms with Crippen LogP contribution >= 0.6 is 0 Å². The van der Waals surface area contributed by atoms with Crippen molar-refractivity contribution in [1.82, 2.24) is 0 Å². The Labute approximate surface area is 273 Å². The summed E-state index contributed by atoms with van der Waals surface area (Å²) in [6.45, 7) is 2.63. The van der Waals surface area contributed by atoms with E-state index in [4.69, 9.17) is 0 Å². The highest BCUT2D eigenvalue weighted by atomic mass is 16.5. The highest BCUT2D eigenvalue weighted by molar-refractivity contribution is 5.52. The molecule has 0 radical (unpaired) electrons. The molecule has 0 atom stereocenters. The van der Waals surface area contributed by atoms with Crippen LogP contribution in [0.15, 0.2) is 0 Å². The fourth-order valence-electron chi connectivity index (χ4n) is 5.46. The van der Waals surface area contributed by atoms with Crippen LogP contribution < -0.4 is 0 Å². The van der Waals surface area contributed by atoms with Crippen LogP contribution in [0.1, 0.15) is 161 Å². The van der Waals surface area contributed by atoms with Gasteiger partial charge in [0.05, 0.1) is 0 Å². The summed E-state index contributed by atoms with van der Waals surface area (Å²) in [6, 6.07) is 0. The molecule has 0 saturated carbocycles. The van der Waals surface area contributed by atoms with E-state index in [1.165, 1.54) is 0 Å². The molecule has 0 saturated heterocycles.